The monoisotopic (exact) mass is 212 g/mol. The highest BCUT2D eigenvalue weighted by molar-refractivity contribution is 6.19. The van der Waals surface area contributed by atoms with Crippen LogP contribution in [-0.4, -0.2) is 15.4 Å². The molecule has 1 aromatic heterocycles. The normalized spacial score (nSPS) is 12.1. The highest BCUT2D eigenvalue weighted by atomic mass is 35.5. The lowest BCUT2D eigenvalue weighted by molar-refractivity contribution is 0.673. The van der Waals surface area contributed by atoms with Crippen molar-refractivity contribution in [3.63, 3.8) is 0 Å². The zero-order valence-electron chi connectivity index (χ0n) is 8.83. The van der Waals surface area contributed by atoms with Gasteiger partial charge in [-0.25, -0.2) is 4.98 Å². The summed E-state index contributed by atoms with van der Waals surface area (Å²) in [6.07, 6.45) is 8.02. The van der Waals surface area contributed by atoms with Crippen molar-refractivity contribution in [1.82, 2.24) is 9.55 Å². The molecule has 0 aliphatic heterocycles. The number of nitrogens with zero attached hydrogens (tertiary/aromatic N) is 2. The molecule has 0 N–H and O–H groups in total. The van der Waals surface area contributed by atoms with Crippen LogP contribution >= 0.6 is 11.6 Å². The van der Waals surface area contributed by atoms with Crippen molar-refractivity contribution in [2.45, 2.75) is 33.2 Å². The second-order valence-corrected chi connectivity index (χ2v) is 3.57. The molecule has 1 heterocycles. The van der Waals surface area contributed by atoms with Crippen LogP contribution in [0.1, 0.15) is 32.4 Å². The smallest absolute Gasteiger partial charge is 0.0950 e. The van der Waals surface area contributed by atoms with Gasteiger partial charge in [-0.05, 0) is 18.9 Å². The van der Waals surface area contributed by atoms with E-state index in [4.69, 9.17) is 11.6 Å². The maximum atomic E-state index is 5.82. The van der Waals surface area contributed by atoms with Gasteiger partial charge in [-0.2, -0.15) is 0 Å². The van der Waals surface area contributed by atoms with Crippen LogP contribution in [-0.2, 0) is 6.54 Å². The molecule has 0 saturated heterocycles. The minimum absolute atomic E-state index is 0.605. The quantitative estimate of drug-likeness (QED) is 0.685. The van der Waals surface area contributed by atoms with E-state index in [0.29, 0.717) is 5.88 Å². The summed E-state index contributed by atoms with van der Waals surface area (Å²) in [5.41, 5.74) is 2.41. The predicted molar refractivity (Wildman–Crippen MR) is 61.5 cm³/mol. The molecule has 0 aliphatic rings. The van der Waals surface area contributed by atoms with Crippen LogP contribution in [0.3, 0.4) is 0 Å². The molecule has 1 rings (SSSR count). The minimum atomic E-state index is 0.605. The second kappa shape index (κ2) is 5.86. The molecular weight excluding hydrogens is 196 g/mol. The van der Waals surface area contributed by atoms with Crippen molar-refractivity contribution >= 4 is 17.7 Å². The first-order valence-electron chi connectivity index (χ1n) is 5.07. The molecule has 0 atom stereocenters. The number of hydrogen-bond acceptors (Lipinski definition) is 1. The van der Waals surface area contributed by atoms with Crippen LogP contribution < -0.4 is 0 Å². The van der Waals surface area contributed by atoms with E-state index in [1.807, 2.05) is 12.5 Å². The zero-order valence-corrected chi connectivity index (χ0v) is 9.59. The Labute approximate surface area is 90.6 Å². The average molecular weight is 213 g/mol. The lowest BCUT2D eigenvalue weighted by Gasteiger charge is -2.04. The van der Waals surface area contributed by atoms with Crippen LogP contribution in [0.4, 0.5) is 0 Å². The first-order chi connectivity index (χ1) is 6.81. The summed E-state index contributed by atoms with van der Waals surface area (Å²) in [5, 5.41) is 0. The third-order valence-electron chi connectivity index (χ3n) is 2.19. The molecule has 0 bridgehead atoms. The Kier molecular flexibility index (Phi) is 4.74. The molecule has 0 radical (unpaired) electrons. The Morgan fingerprint density at radius 2 is 2.36 bits per heavy atom. The summed E-state index contributed by atoms with van der Waals surface area (Å²) in [7, 11) is 0. The first kappa shape index (κ1) is 11.3. The van der Waals surface area contributed by atoms with Crippen LogP contribution in [0.15, 0.2) is 18.1 Å². The van der Waals surface area contributed by atoms with Gasteiger partial charge in [-0.3, -0.25) is 0 Å². The highest BCUT2D eigenvalue weighted by Crippen LogP contribution is 2.11. The molecule has 0 fully saturated rings. The fourth-order valence-corrected chi connectivity index (χ4v) is 1.59. The van der Waals surface area contributed by atoms with E-state index in [2.05, 4.69) is 29.5 Å². The lowest BCUT2D eigenvalue weighted by Crippen LogP contribution is -1.97. The topological polar surface area (TPSA) is 17.8 Å². The van der Waals surface area contributed by atoms with Gasteiger partial charge in [0, 0.05) is 12.4 Å². The summed E-state index contributed by atoms with van der Waals surface area (Å²) in [6, 6.07) is 0. The third-order valence-corrected chi connectivity index (χ3v) is 2.53. The van der Waals surface area contributed by atoms with Crippen molar-refractivity contribution in [1.29, 1.82) is 0 Å². The highest BCUT2D eigenvalue weighted by Gasteiger charge is 1.99. The van der Waals surface area contributed by atoms with Crippen molar-refractivity contribution < 1.29 is 0 Å². The number of rotatable bonds is 5. The predicted octanol–water partition coefficient (Wildman–Crippen LogP) is 3.33. The van der Waals surface area contributed by atoms with Gasteiger partial charge >= 0.3 is 0 Å². The Morgan fingerprint density at radius 1 is 1.57 bits per heavy atom. The van der Waals surface area contributed by atoms with Gasteiger partial charge in [-0.1, -0.05) is 19.4 Å². The largest absolute Gasteiger partial charge is 0.331 e. The number of imidazole rings is 1. The van der Waals surface area contributed by atoms with Gasteiger partial charge in [0.15, 0.2) is 0 Å². The van der Waals surface area contributed by atoms with Crippen molar-refractivity contribution in [3.05, 3.63) is 23.8 Å². The van der Waals surface area contributed by atoms with E-state index in [-0.39, 0.29) is 0 Å². The van der Waals surface area contributed by atoms with Crippen molar-refractivity contribution in [2.75, 3.05) is 5.88 Å². The van der Waals surface area contributed by atoms with Crippen LogP contribution in [0, 0.1) is 0 Å². The molecule has 0 saturated carbocycles. The summed E-state index contributed by atoms with van der Waals surface area (Å²) in [4.78, 5) is 4.14. The van der Waals surface area contributed by atoms with E-state index in [0.717, 1.165) is 25.1 Å². The van der Waals surface area contributed by atoms with E-state index >= 15 is 0 Å². The van der Waals surface area contributed by atoms with Crippen molar-refractivity contribution in [3.8, 4) is 0 Å². The Morgan fingerprint density at radius 3 is 2.93 bits per heavy atom. The molecule has 3 heteroatoms. The Balaban J connectivity index is 2.83. The number of halogens is 1. The van der Waals surface area contributed by atoms with E-state index in [1.54, 1.807) is 0 Å². The molecule has 2 nitrogen and oxygen atoms in total. The molecule has 14 heavy (non-hydrogen) atoms. The maximum Gasteiger partial charge on any atom is 0.0950 e. The summed E-state index contributed by atoms with van der Waals surface area (Å²) < 4.78 is 2.15. The number of allylic oxidation sites excluding steroid dienone is 1. The summed E-state index contributed by atoms with van der Waals surface area (Å²) >= 11 is 5.82. The second-order valence-electron chi connectivity index (χ2n) is 3.30. The zero-order chi connectivity index (χ0) is 10.4. The van der Waals surface area contributed by atoms with Gasteiger partial charge in [0.2, 0.25) is 0 Å². The first-order valence-corrected chi connectivity index (χ1v) is 5.60. The summed E-state index contributed by atoms with van der Waals surface area (Å²) in [6.45, 7) is 5.30. The molecule has 0 aromatic carbocycles. The minimum Gasteiger partial charge on any atom is -0.331 e. The average Bonchev–Trinajstić information content (AvgIpc) is 2.62. The molecule has 78 valence electrons. The number of alkyl halides is 1. The lowest BCUT2D eigenvalue weighted by atomic mass is 10.2. The van der Waals surface area contributed by atoms with Gasteiger partial charge in [0.1, 0.15) is 0 Å². The maximum absolute atomic E-state index is 5.82. The van der Waals surface area contributed by atoms with Gasteiger partial charge in [-0.15, -0.1) is 11.6 Å². The standard InChI is InChI=1S/C11H17ClN2/c1-3-5-14-9-13-8-11(14)6-10(4-2)7-12/h6,8-9H,3-5,7H2,1-2H3. The number of aryl methyl sites for hydroxylation is 1. The van der Waals surface area contributed by atoms with Crippen molar-refractivity contribution in [2.24, 2.45) is 0 Å². The molecule has 0 amide bonds. The summed E-state index contributed by atoms with van der Waals surface area (Å²) in [5.74, 6) is 0.605. The number of aromatic nitrogens is 2. The van der Waals surface area contributed by atoms with E-state index in [1.165, 1.54) is 5.57 Å². The van der Waals surface area contributed by atoms with Gasteiger partial charge in [0.25, 0.3) is 0 Å². The Bertz CT molecular complexity index is 296. The fourth-order valence-electron chi connectivity index (χ4n) is 1.32. The Hall–Kier alpha value is -0.760. The van der Waals surface area contributed by atoms with Gasteiger partial charge in [0.05, 0.1) is 18.2 Å². The van der Waals surface area contributed by atoms with Crippen LogP contribution in [0.5, 0.6) is 0 Å². The molecule has 0 aliphatic carbocycles. The molecule has 1 aromatic rings. The van der Waals surface area contributed by atoms with Crippen LogP contribution in [0.2, 0.25) is 0 Å². The van der Waals surface area contributed by atoms with Crippen LogP contribution in [0.25, 0.3) is 6.08 Å². The van der Waals surface area contributed by atoms with Gasteiger partial charge < -0.3 is 4.57 Å². The number of hydrogen-bond donors (Lipinski definition) is 0. The van der Waals surface area contributed by atoms with E-state index in [9.17, 15) is 0 Å². The molecule has 0 spiro atoms. The molecule has 0 unspecified atom stereocenters. The van der Waals surface area contributed by atoms with E-state index < -0.39 is 0 Å². The third kappa shape index (κ3) is 2.88. The molecular formula is C11H17ClN2. The fraction of sp³-hybridized carbons (Fsp3) is 0.545. The SMILES string of the molecule is CCCn1cncc1C=C(CC)CCl.